The third-order valence-corrected chi connectivity index (χ3v) is 5.38. The highest BCUT2D eigenvalue weighted by atomic mass is 32.2. The molecule has 0 fully saturated rings. The number of aryl methyl sites for hydroxylation is 2. The number of hydrogen-bond acceptors (Lipinski definition) is 4. The van der Waals surface area contributed by atoms with E-state index in [4.69, 9.17) is 9.47 Å². The van der Waals surface area contributed by atoms with Crippen molar-refractivity contribution in [2.24, 2.45) is 0 Å². The van der Waals surface area contributed by atoms with E-state index >= 15 is 0 Å². The highest BCUT2D eigenvalue weighted by Crippen LogP contribution is 2.34. The maximum absolute atomic E-state index is 12.7. The summed E-state index contributed by atoms with van der Waals surface area (Å²) in [5.41, 5.74) is 3.30. The van der Waals surface area contributed by atoms with Crippen molar-refractivity contribution >= 4 is 23.4 Å². The molecule has 2 aromatic rings. The van der Waals surface area contributed by atoms with Crippen LogP contribution in [0.2, 0.25) is 0 Å². The monoisotopic (exact) mass is 373 g/mol. The van der Waals surface area contributed by atoms with Gasteiger partial charge < -0.3 is 14.8 Å². The van der Waals surface area contributed by atoms with E-state index in [0.29, 0.717) is 11.5 Å². The second-order valence-corrected chi connectivity index (χ2v) is 7.34. The van der Waals surface area contributed by atoms with Gasteiger partial charge in [0.15, 0.2) is 11.5 Å². The zero-order valence-electron chi connectivity index (χ0n) is 16.1. The molecule has 2 aromatic carbocycles. The quantitative estimate of drug-likeness (QED) is 0.665. The van der Waals surface area contributed by atoms with Crippen molar-refractivity contribution in [3.8, 4) is 11.5 Å². The molecule has 0 aliphatic heterocycles. The number of carbonyl (C=O) groups excluding carboxylic acids is 1. The molecule has 26 heavy (non-hydrogen) atoms. The summed E-state index contributed by atoms with van der Waals surface area (Å²) >= 11 is 1.50. The fourth-order valence-electron chi connectivity index (χ4n) is 2.78. The fourth-order valence-corrected chi connectivity index (χ4v) is 3.67. The number of hydrogen-bond donors (Lipinski definition) is 1. The van der Waals surface area contributed by atoms with Crippen LogP contribution >= 0.6 is 11.8 Å². The Labute approximate surface area is 160 Å². The number of methoxy groups -OCH3 is 2. The Morgan fingerprint density at radius 3 is 2.19 bits per heavy atom. The lowest BCUT2D eigenvalue weighted by molar-refractivity contribution is -0.115. The number of ether oxygens (including phenoxy) is 2. The number of thioether (sulfide) groups is 1. The Morgan fingerprint density at radius 2 is 1.65 bits per heavy atom. The number of carbonyl (C=O) groups is 1. The van der Waals surface area contributed by atoms with Gasteiger partial charge in [-0.05, 0) is 49.1 Å². The first-order valence-corrected chi connectivity index (χ1v) is 9.72. The lowest BCUT2D eigenvalue weighted by Gasteiger charge is -2.17. The second kappa shape index (κ2) is 9.53. The van der Waals surface area contributed by atoms with Crippen molar-refractivity contribution in [3.05, 3.63) is 47.5 Å². The Morgan fingerprint density at radius 1 is 1.04 bits per heavy atom. The molecule has 1 amide bonds. The Hall–Kier alpha value is -2.14. The lowest BCUT2D eigenvalue weighted by Crippen LogP contribution is -2.23. The molecule has 0 unspecified atom stereocenters. The zero-order valence-corrected chi connectivity index (χ0v) is 16.9. The first-order chi connectivity index (χ1) is 12.5. The van der Waals surface area contributed by atoms with E-state index in [1.54, 1.807) is 14.2 Å². The average molecular weight is 374 g/mol. The third kappa shape index (κ3) is 4.73. The summed E-state index contributed by atoms with van der Waals surface area (Å²) in [4.78, 5) is 13.7. The van der Waals surface area contributed by atoms with Crippen molar-refractivity contribution < 1.29 is 14.3 Å². The molecule has 4 nitrogen and oxygen atoms in total. The molecule has 2 rings (SSSR count). The van der Waals surface area contributed by atoms with E-state index in [1.165, 1.54) is 22.9 Å². The summed E-state index contributed by atoms with van der Waals surface area (Å²) in [6.45, 7) is 6.12. The van der Waals surface area contributed by atoms with Gasteiger partial charge in [0, 0.05) is 10.6 Å². The van der Waals surface area contributed by atoms with Crippen LogP contribution in [0.1, 0.15) is 31.9 Å². The number of benzene rings is 2. The Balaban J connectivity index is 2.14. The predicted molar refractivity (Wildman–Crippen MR) is 109 cm³/mol. The normalized spacial score (nSPS) is 11.7. The topological polar surface area (TPSA) is 47.6 Å². The molecule has 0 heterocycles. The van der Waals surface area contributed by atoms with Crippen LogP contribution in [0.25, 0.3) is 0 Å². The molecule has 0 aliphatic rings. The summed E-state index contributed by atoms with van der Waals surface area (Å²) in [5.74, 6) is 1.34. The van der Waals surface area contributed by atoms with Crippen LogP contribution in [-0.4, -0.2) is 25.4 Å². The molecule has 1 N–H and O–H groups in total. The van der Waals surface area contributed by atoms with Crippen molar-refractivity contribution in [3.63, 3.8) is 0 Å². The van der Waals surface area contributed by atoms with Gasteiger partial charge in [-0.15, -0.1) is 11.8 Å². The van der Waals surface area contributed by atoms with Crippen molar-refractivity contribution in [1.82, 2.24) is 0 Å². The van der Waals surface area contributed by atoms with Crippen LogP contribution in [0.4, 0.5) is 5.69 Å². The first-order valence-electron chi connectivity index (χ1n) is 8.84. The molecule has 0 spiro atoms. The lowest BCUT2D eigenvalue weighted by atomic mass is 10.0. The Kier molecular flexibility index (Phi) is 7.39. The largest absolute Gasteiger partial charge is 0.493 e. The van der Waals surface area contributed by atoms with Crippen molar-refractivity contribution in [2.75, 3.05) is 19.5 Å². The van der Waals surface area contributed by atoms with E-state index in [9.17, 15) is 4.79 Å². The summed E-state index contributed by atoms with van der Waals surface area (Å²) < 4.78 is 10.6. The van der Waals surface area contributed by atoms with Crippen LogP contribution in [0.5, 0.6) is 11.5 Å². The van der Waals surface area contributed by atoms with E-state index in [2.05, 4.69) is 37.4 Å². The highest BCUT2D eigenvalue weighted by molar-refractivity contribution is 8.00. The molecule has 0 aliphatic carbocycles. The zero-order chi connectivity index (χ0) is 19.1. The number of para-hydroxylation sites is 1. The van der Waals surface area contributed by atoms with Crippen LogP contribution in [0.15, 0.2) is 41.3 Å². The van der Waals surface area contributed by atoms with Gasteiger partial charge in [-0.25, -0.2) is 0 Å². The molecule has 140 valence electrons. The molecule has 5 heteroatoms. The average Bonchev–Trinajstić information content (AvgIpc) is 2.67. The molecular formula is C21H27NO3S. The summed E-state index contributed by atoms with van der Waals surface area (Å²) in [7, 11) is 3.22. The van der Waals surface area contributed by atoms with Gasteiger partial charge in [0.05, 0.1) is 19.5 Å². The van der Waals surface area contributed by atoms with Crippen molar-refractivity contribution in [2.45, 2.75) is 43.8 Å². The number of nitrogens with one attached hydrogen (secondary N) is 1. The van der Waals surface area contributed by atoms with Gasteiger partial charge in [-0.1, -0.05) is 32.0 Å². The minimum atomic E-state index is -0.234. The van der Waals surface area contributed by atoms with E-state index in [1.807, 2.05) is 25.1 Å². The molecule has 0 radical (unpaired) electrons. The van der Waals surface area contributed by atoms with E-state index in [0.717, 1.165) is 23.4 Å². The van der Waals surface area contributed by atoms with Crippen LogP contribution in [0, 0.1) is 0 Å². The van der Waals surface area contributed by atoms with Gasteiger partial charge in [0.2, 0.25) is 5.91 Å². The third-order valence-electron chi connectivity index (χ3n) is 4.28. The van der Waals surface area contributed by atoms with Crippen LogP contribution < -0.4 is 14.8 Å². The van der Waals surface area contributed by atoms with Gasteiger partial charge >= 0.3 is 0 Å². The molecule has 0 saturated carbocycles. The standard InChI is InChI=1S/C21H27NO3S/c1-6-15-9-8-10-16(7-2)20(15)22-21(23)14(3)26-17-11-12-18(24-4)19(13-17)25-5/h8-14H,6-7H2,1-5H3,(H,22,23)/t14-/m1/s1. The molecular weight excluding hydrogens is 346 g/mol. The van der Waals surface area contributed by atoms with Gasteiger partial charge in [-0.2, -0.15) is 0 Å². The summed E-state index contributed by atoms with van der Waals surface area (Å²) in [5, 5.41) is 2.90. The molecule has 0 aromatic heterocycles. The second-order valence-electron chi connectivity index (χ2n) is 5.92. The van der Waals surface area contributed by atoms with E-state index in [-0.39, 0.29) is 11.2 Å². The van der Waals surface area contributed by atoms with Crippen molar-refractivity contribution in [1.29, 1.82) is 0 Å². The number of rotatable bonds is 8. The van der Waals surface area contributed by atoms with Gasteiger partial charge in [-0.3, -0.25) is 4.79 Å². The van der Waals surface area contributed by atoms with Gasteiger partial charge in [0.25, 0.3) is 0 Å². The van der Waals surface area contributed by atoms with Crippen LogP contribution in [-0.2, 0) is 17.6 Å². The highest BCUT2D eigenvalue weighted by Gasteiger charge is 2.18. The predicted octanol–water partition coefficient (Wildman–Crippen LogP) is 4.95. The summed E-state index contributed by atoms with van der Waals surface area (Å²) in [6.07, 6.45) is 1.78. The minimum absolute atomic E-state index is 0.000356. The number of anilines is 1. The minimum Gasteiger partial charge on any atom is -0.493 e. The SMILES string of the molecule is CCc1cccc(CC)c1NC(=O)[C@@H](C)Sc1ccc(OC)c(OC)c1. The molecule has 1 atom stereocenters. The smallest absolute Gasteiger partial charge is 0.237 e. The van der Waals surface area contributed by atoms with Crippen LogP contribution in [0.3, 0.4) is 0 Å². The van der Waals surface area contributed by atoms with E-state index < -0.39 is 0 Å². The number of amides is 1. The van der Waals surface area contributed by atoms with Gasteiger partial charge in [0.1, 0.15) is 0 Å². The fraction of sp³-hybridized carbons (Fsp3) is 0.381. The molecule has 0 bridgehead atoms. The maximum atomic E-state index is 12.7. The maximum Gasteiger partial charge on any atom is 0.237 e. The summed E-state index contributed by atoms with van der Waals surface area (Å²) in [6, 6.07) is 11.9. The Bertz CT molecular complexity index is 739. The first kappa shape index (κ1) is 20.2. The molecule has 0 saturated heterocycles.